The fourth-order valence-corrected chi connectivity index (χ4v) is 2.60. The van der Waals surface area contributed by atoms with Gasteiger partial charge in [-0.05, 0) is 44.5 Å². The second-order valence-electron chi connectivity index (χ2n) is 6.01. The number of carbonyl (C=O) groups is 2. The van der Waals surface area contributed by atoms with E-state index < -0.39 is 5.97 Å². The molecule has 0 unspecified atom stereocenters. The zero-order valence-electron chi connectivity index (χ0n) is 15.1. The van der Waals surface area contributed by atoms with E-state index in [1.807, 2.05) is 12.1 Å². The van der Waals surface area contributed by atoms with Crippen molar-refractivity contribution in [3.63, 3.8) is 0 Å². The lowest BCUT2D eigenvalue weighted by Gasteiger charge is -2.04. The van der Waals surface area contributed by atoms with Crippen molar-refractivity contribution < 1.29 is 23.5 Å². The Morgan fingerprint density at radius 3 is 2.30 bits per heavy atom. The van der Waals surface area contributed by atoms with Crippen LogP contribution in [-0.2, 0) is 0 Å². The van der Waals surface area contributed by atoms with Gasteiger partial charge in [0, 0.05) is 5.56 Å². The van der Waals surface area contributed by atoms with Crippen molar-refractivity contribution in [1.29, 1.82) is 0 Å². The number of hydrogen-bond acceptors (Lipinski definition) is 5. The van der Waals surface area contributed by atoms with Crippen LogP contribution >= 0.6 is 0 Å². The number of furan rings is 2. The Morgan fingerprint density at radius 1 is 1.04 bits per heavy atom. The Morgan fingerprint density at radius 2 is 1.74 bits per heavy atom. The van der Waals surface area contributed by atoms with Gasteiger partial charge in [0.25, 0.3) is 5.91 Å². The van der Waals surface area contributed by atoms with Gasteiger partial charge in [-0.25, -0.2) is 10.2 Å². The normalized spacial score (nSPS) is 11.4. The average Bonchev–Trinajstić information content (AvgIpc) is 3.26. The number of aryl methyl sites for hydroxylation is 2. The Bertz CT molecular complexity index is 1030. The van der Waals surface area contributed by atoms with E-state index in [-0.39, 0.29) is 11.7 Å². The molecule has 0 saturated heterocycles. The molecule has 0 aliphatic rings. The molecule has 0 spiro atoms. The first-order valence-corrected chi connectivity index (χ1v) is 8.20. The van der Waals surface area contributed by atoms with Crippen LogP contribution in [-0.4, -0.2) is 22.7 Å². The number of carboxylic acid groups (broad SMARTS) is 1. The van der Waals surface area contributed by atoms with Crippen molar-refractivity contribution in [3.8, 4) is 11.3 Å². The number of benzene rings is 1. The molecule has 2 aromatic heterocycles. The molecule has 3 aromatic rings. The molecule has 0 atom stereocenters. The number of carbonyl (C=O) groups excluding carboxylic acids is 1. The number of aromatic carboxylic acids is 1. The maximum atomic E-state index is 12.2. The van der Waals surface area contributed by atoms with Crippen molar-refractivity contribution in [2.75, 3.05) is 0 Å². The summed E-state index contributed by atoms with van der Waals surface area (Å²) in [7, 11) is 0. The summed E-state index contributed by atoms with van der Waals surface area (Å²) in [4.78, 5) is 23.1. The van der Waals surface area contributed by atoms with E-state index in [9.17, 15) is 9.59 Å². The summed E-state index contributed by atoms with van der Waals surface area (Å²) in [6, 6.07) is 11.9. The first kappa shape index (κ1) is 18.2. The third kappa shape index (κ3) is 3.98. The predicted octanol–water partition coefficient (Wildman–Crippen LogP) is 4.01. The summed E-state index contributed by atoms with van der Waals surface area (Å²) < 4.78 is 10.6. The van der Waals surface area contributed by atoms with Crippen molar-refractivity contribution in [2.24, 2.45) is 5.10 Å². The smallest absolute Gasteiger partial charge is 0.371 e. The quantitative estimate of drug-likeness (QED) is 0.524. The van der Waals surface area contributed by atoms with E-state index in [2.05, 4.69) is 10.5 Å². The van der Waals surface area contributed by atoms with Gasteiger partial charge in [-0.1, -0.05) is 24.3 Å². The van der Waals surface area contributed by atoms with Crippen LogP contribution in [0.25, 0.3) is 11.3 Å². The van der Waals surface area contributed by atoms with Crippen molar-refractivity contribution in [3.05, 3.63) is 70.9 Å². The summed E-state index contributed by atoms with van der Waals surface area (Å²) in [5, 5.41) is 13.0. The molecule has 2 heterocycles. The van der Waals surface area contributed by atoms with Crippen molar-refractivity contribution in [2.45, 2.75) is 20.8 Å². The molecule has 0 bridgehead atoms. The minimum atomic E-state index is -1.11. The van der Waals surface area contributed by atoms with Crippen LogP contribution in [0.4, 0.5) is 0 Å². The highest BCUT2D eigenvalue weighted by atomic mass is 16.4. The number of amides is 1. The molecule has 2 N–H and O–H groups in total. The van der Waals surface area contributed by atoms with E-state index in [1.54, 1.807) is 45.0 Å². The van der Waals surface area contributed by atoms with Crippen LogP contribution in [0.3, 0.4) is 0 Å². The summed E-state index contributed by atoms with van der Waals surface area (Å²) in [6.45, 7) is 5.28. The van der Waals surface area contributed by atoms with E-state index in [0.29, 0.717) is 28.6 Å². The standard InChI is InChI=1S/C20H18N2O5/c1-11-10-16(13(3)26-11)19(23)22-21-12(2)14-4-6-15(7-5-14)17-8-9-18(27-17)20(24)25/h4-10H,1-3H3,(H,22,23)(H,24,25)/b21-12-. The van der Waals surface area contributed by atoms with Gasteiger partial charge in [0.05, 0.1) is 11.3 Å². The lowest BCUT2D eigenvalue weighted by molar-refractivity contribution is 0.0663. The van der Waals surface area contributed by atoms with Crippen molar-refractivity contribution in [1.82, 2.24) is 5.43 Å². The highest BCUT2D eigenvalue weighted by molar-refractivity contribution is 6.01. The highest BCUT2D eigenvalue weighted by Gasteiger charge is 2.13. The predicted molar refractivity (Wildman–Crippen MR) is 99.0 cm³/mol. The number of hydrazone groups is 1. The van der Waals surface area contributed by atoms with E-state index >= 15 is 0 Å². The number of hydrogen-bond donors (Lipinski definition) is 2. The number of nitrogens with one attached hydrogen (secondary N) is 1. The minimum Gasteiger partial charge on any atom is -0.475 e. The molecule has 7 heteroatoms. The van der Waals surface area contributed by atoms with E-state index in [4.69, 9.17) is 13.9 Å². The fraction of sp³-hybridized carbons (Fsp3) is 0.150. The monoisotopic (exact) mass is 366 g/mol. The maximum Gasteiger partial charge on any atom is 0.371 e. The van der Waals surface area contributed by atoms with Gasteiger partial charge < -0.3 is 13.9 Å². The summed E-state index contributed by atoms with van der Waals surface area (Å²) in [5.74, 6) is 0.114. The SMILES string of the molecule is C/C(=N/NC(=O)c1cc(C)oc1C)c1ccc(-c2ccc(C(=O)O)o2)cc1. The number of carboxylic acids is 1. The third-order valence-electron chi connectivity index (χ3n) is 4.01. The zero-order chi connectivity index (χ0) is 19.6. The zero-order valence-corrected chi connectivity index (χ0v) is 15.1. The lowest BCUT2D eigenvalue weighted by Crippen LogP contribution is -2.19. The van der Waals surface area contributed by atoms with Gasteiger partial charge >= 0.3 is 5.97 Å². The van der Waals surface area contributed by atoms with Crippen molar-refractivity contribution >= 4 is 17.6 Å². The third-order valence-corrected chi connectivity index (χ3v) is 4.01. The molecular formula is C20H18N2O5. The topological polar surface area (TPSA) is 105 Å². The molecule has 0 aliphatic heterocycles. The lowest BCUT2D eigenvalue weighted by atomic mass is 10.1. The molecule has 138 valence electrons. The Hall–Kier alpha value is -3.61. The minimum absolute atomic E-state index is 0.112. The highest BCUT2D eigenvalue weighted by Crippen LogP contribution is 2.23. The number of rotatable bonds is 5. The molecule has 0 fully saturated rings. The van der Waals surface area contributed by atoms with Crippen LogP contribution in [0.2, 0.25) is 0 Å². The summed E-state index contributed by atoms with van der Waals surface area (Å²) >= 11 is 0. The van der Waals surface area contributed by atoms with Gasteiger partial charge in [0.15, 0.2) is 0 Å². The largest absolute Gasteiger partial charge is 0.475 e. The van der Waals surface area contributed by atoms with Gasteiger partial charge in [-0.2, -0.15) is 5.10 Å². The van der Waals surface area contributed by atoms with E-state index in [0.717, 1.165) is 11.1 Å². The summed E-state index contributed by atoms with van der Waals surface area (Å²) in [6.07, 6.45) is 0. The number of nitrogens with zero attached hydrogens (tertiary/aromatic N) is 1. The second kappa shape index (κ2) is 7.33. The molecular weight excluding hydrogens is 348 g/mol. The van der Waals surface area contributed by atoms with Crippen LogP contribution in [0, 0.1) is 13.8 Å². The Balaban J connectivity index is 1.72. The molecule has 7 nitrogen and oxygen atoms in total. The molecule has 27 heavy (non-hydrogen) atoms. The van der Waals surface area contributed by atoms with Crippen LogP contribution in [0.15, 0.2) is 56.4 Å². The molecule has 1 amide bonds. The van der Waals surface area contributed by atoms with E-state index in [1.165, 1.54) is 6.07 Å². The fourth-order valence-electron chi connectivity index (χ4n) is 2.60. The van der Waals surface area contributed by atoms with Crippen LogP contribution in [0.1, 0.15) is 44.9 Å². The van der Waals surface area contributed by atoms with Gasteiger partial charge in [-0.3, -0.25) is 4.79 Å². The van der Waals surface area contributed by atoms with Gasteiger partial charge in [-0.15, -0.1) is 0 Å². The van der Waals surface area contributed by atoms with Gasteiger partial charge in [0.2, 0.25) is 5.76 Å². The molecule has 0 aliphatic carbocycles. The average molecular weight is 366 g/mol. The first-order chi connectivity index (χ1) is 12.8. The van der Waals surface area contributed by atoms with Crippen LogP contribution in [0.5, 0.6) is 0 Å². The first-order valence-electron chi connectivity index (χ1n) is 8.20. The maximum absolute atomic E-state index is 12.2. The van der Waals surface area contributed by atoms with Crippen LogP contribution < -0.4 is 5.43 Å². The molecule has 0 saturated carbocycles. The molecule has 0 radical (unpaired) electrons. The molecule has 3 rings (SSSR count). The second-order valence-corrected chi connectivity index (χ2v) is 6.01. The molecule has 1 aromatic carbocycles. The van der Waals surface area contributed by atoms with Gasteiger partial charge in [0.1, 0.15) is 17.3 Å². The summed E-state index contributed by atoms with van der Waals surface area (Å²) in [5.41, 5.74) is 5.15. The Labute approximate surface area is 155 Å². The Kier molecular flexibility index (Phi) is 4.94.